The van der Waals surface area contributed by atoms with E-state index in [0.717, 1.165) is 11.7 Å². The van der Waals surface area contributed by atoms with E-state index < -0.39 is 10.0 Å². The molecule has 5 nitrogen and oxygen atoms in total. The van der Waals surface area contributed by atoms with Crippen LogP contribution in [0, 0.1) is 5.92 Å². The zero-order valence-corrected chi connectivity index (χ0v) is 15.3. The van der Waals surface area contributed by atoms with Gasteiger partial charge in [0, 0.05) is 19.1 Å². The average Bonchev–Trinajstić information content (AvgIpc) is 3.40. The number of nitrogens with one attached hydrogen (secondary N) is 1. The van der Waals surface area contributed by atoms with Crippen molar-refractivity contribution >= 4 is 27.7 Å². The quantitative estimate of drug-likeness (QED) is 0.800. The molecule has 0 atom stereocenters. The van der Waals surface area contributed by atoms with E-state index in [9.17, 15) is 13.2 Å². The third-order valence-corrected chi connectivity index (χ3v) is 7.57. The van der Waals surface area contributed by atoms with Gasteiger partial charge in [-0.3, -0.25) is 4.79 Å². The van der Waals surface area contributed by atoms with Crippen LogP contribution in [-0.2, 0) is 14.8 Å². The number of amides is 1. The Morgan fingerprint density at radius 2 is 1.79 bits per heavy atom. The second kappa shape index (κ2) is 7.89. The van der Waals surface area contributed by atoms with Crippen LogP contribution in [0.1, 0.15) is 25.7 Å². The van der Waals surface area contributed by atoms with Gasteiger partial charge in [-0.1, -0.05) is 18.2 Å². The lowest BCUT2D eigenvalue weighted by molar-refractivity contribution is -0.119. The number of piperidine rings is 1. The highest BCUT2D eigenvalue weighted by Crippen LogP contribution is 2.32. The Morgan fingerprint density at radius 1 is 1.12 bits per heavy atom. The fourth-order valence-corrected chi connectivity index (χ4v) is 5.40. The number of thioether (sulfide) groups is 1. The summed E-state index contributed by atoms with van der Waals surface area (Å²) in [5.41, 5.74) is 0. The fourth-order valence-electron chi connectivity index (χ4n) is 2.85. The minimum atomic E-state index is -3.41. The van der Waals surface area contributed by atoms with Crippen LogP contribution in [0.4, 0.5) is 0 Å². The highest BCUT2D eigenvalue weighted by molar-refractivity contribution is 7.99. The third-order valence-electron chi connectivity index (χ3n) is 4.48. The fraction of sp³-hybridized carbons (Fsp3) is 0.588. The van der Waals surface area contributed by atoms with E-state index in [0.29, 0.717) is 36.6 Å². The Kier molecular flexibility index (Phi) is 5.84. The van der Waals surface area contributed by atoms with Crippen molar-refractivity contribution in [2.45, 2.75) is 36.6 Å². The van der Waals surface area contributed by atoms with Gasteiger partial charge in [-0.25, -0.2) is 8.42 Å². The smallest absolute Gasteiger partial charge is 0.243 e. The van der Waals surface area contributed by atoms with Crippen molar-refractivity contribution in [3.05, 3.63) is 30.3 Å². The zero-order valence-electron chi connectivity index (χ0n) is 13.7. The molecular formula is C17H24N2O3S2. The Balaban J connectivity index is 1.44. The van der Waals surface area contributed by atoms with E-state index in [1.165, 1.54) is 17.1 Å². The summed E-state index contributed by atoms with van der Waals surface area (Å²) in [6.45, 7) is 0.911. The van der Waals surface area contributed by atoms with Crippen molar-refractivity contribution in [2.24, 2.45) is 5.92 Å². The van der Waals surface area contributed by atoms with E-state index >= 15 is 0 Å². The van der Waals surface area contributed by atoms with E-state index in [1.54, 1.807) is 36.0 Å². The van der Waals surface area contributed by atoms with Crippen LogP contribution >= 0.6 is 11.8 Å². The van der Waals surface area contributed by atoms with Gasteiger partial charge in [0.1, 0.15) is 0 Å². The van der Waals surface area contributed by atoms with Crippen molar-refractivity contribution in [1.29, 1.82) is 0 Å². The molecule has 0 radical (unpaired) electrons. The van der Waals surface area contributed by atoms with Gasteiger partial charge in [0.25, 0.3) is 0 Å². The Hall–Kier alpha value is -1.05. The number of sulfonamides is 1. The molecule has 0 unspecified atom stereocenters. The monoisotopic (exact) mass is 368 g/mol. The molecule has 1 heterocycles. The van der Waals surface area contributed by atoms with Crippen molar-refractivity contribution in [3.8, 4) is 0 Å². The summed E-state index contributed by atoms with van der Waals surface area (Å²) in [6.07, 6.45) is 3.96. The topological polar surface area (TPSA) is 66.5 Å². The van der Waals surface area contributed by atoms with Crippen LogP contribution < -0.4 is 5.32 Å². The minimum Gasteiger partial charge on any atom is -0.353 e. The second-order valence-electron chi connectivity index (χ2n) is 6.52. The summed E-state index contributed by atoms with van der Waals surface area (Å²) in [7, 11) is -3.41. The SMILES string of the molecule is O=C(CSCC1CC1)NC1CCN(S(=O)(=O)c2ccccc2)CC1. The molecule has 1 aliphatic heterocycles. The van der Waals surface area contributed by atoms with Crippen LogP contribution in [0.5, 0.6) is 0 Å². The van der Waals surface area contributed by atoms with Gasteiger partial charge in [0.2, 0.25) is 15.9 Å². The lowest BCUT2D eigenvalue weighted by Gasteiger charge is -2.31. The molecule has 1 aromatic carbocycles. The number of benzene rings is 1. The molecule has 132 valence electrons. The molecule has 24 heavy (non-hydrogen) atoms. The van der Waals surface area contributed by atoms with Crippen LogP contribution in [0.3, 0.4) is 0 Å². The summed E-state index contributed by atoms with van der Waals surface area (Å²) in [6, 6.07) is 8.61. The van der Waals surface area contributed by atoms with Crippen molar-refractivity contribution in [3.63, 3.8) is 0 Å². The molecule has 1 N–H and O–H groups in total. The molecule has 1 saturated heterocycles. The summed E-state index contributed by atoms with van der Waals surface area (Å²) in [5, 5.41) is 3.04. The molecule has 3 rings (SSSR count). The first-order valence-electron chi connectivity index (χ1n) is 8.48. The first-order chi connectivity index (χ1) is 11.6. The molecule has 1 aliphatic carbocycles. The highest BCUT2D eigenvalue weighted by atomic mass is 32.2. The maximum absolute atomic E-state index is 12.6. The van der Waals surface area contributed by atoms with Crippen LogP contribution in [-0.4, -0.2) is 49.3 Å². The summed E-state index contributed by atoms with van der Waals surface area (Å²) >= 11 is 1.70. The summed E-state index contributed by atoms with van der Waals surface area (Å²) in [5.74, 6) is 2.50. The van der Waals surface area contributed by atoms with E-state index in [2.05, 4.69) is 5.32 Å². The van der Waals surface area contributed by atoms with E-state index in [1.807, 2.05) is 6.07 Å². The molecule has 1 amide bonds. The number of hydrogen-bond acceptors (Lipinski definition) is 4. The van der Waals surface area contributed by atoms with Gasteiger partial charge in [0.05, 0.1) is 10.6 Å². The summed E-state index contributed by atoms with van der Waals surface area (Å²) in [4.78, 5) is 12.3. The molecule has 7 heteroatoms. The van der Waals surface area contributed by atoms with Gasteiger partial charge < -0.3 is 5.32 Å². The van der Waals surface area contributed by atoms with Gasteiger partial charge in [-0.15, -0.1) is 0 Å². The van der Waals surface area contributed by atoms with Crippen LogP contribution in [0.15, 0.2) is 35.2 Å². The number of nitrogens with zero attached hydrogens (tertiary/aromatic N) is 1. The molecule has 2 aliphatic rings. The number of carbonyl (C=O) groups excluding carboxylic acids is 1. The molecule has 1 aromatic rings. The van der Waals surface area contributed by atoms with Crippen molar-refractivity contribution < 1.29 is 13.2 Å². The van der Waals surface area contributed by atoms with Gasteiger partial charge in [0.15, 0.2) is 0 Å². The van der Waals surface area contributed by atoms with Crippen LogP contribution in [0.2, 0.25) is 0 Å². The molecule has 1 saturated carbocycles. The Bertz CT molecular complexity index is 652. The van der Waals surface area contributed by atoms with E-state index in [-0.39, 0.29) is 11.9 Å². The largest absolute Gasteiger partial charge is 0.353 e. The Labute approximate surface area is 148 Å². The lowest BCUT2D eigenvalue weighted by atomic mass is 10.1. The van der Waals surface area contributed by atoms with E-state index in [4.69, 9.17) is 0 Å². The van der Waals surface area contributed by atoms with Gasteiger partial charge >= 0.3 is 0 Å². The molecule has 0 spiro atoms. The van der Waals surface area contributed by atoms with Gasteiger partial charge in [-0.2, -0.15) is 16.1 Å². The predicted molar refractivity (Wildman–Crippen MR) is 96.4 cm³/mol. The lowest BCUT2D eigenvalue weighted by Crippen LogP contribution is -2.46. The maximum Gasteiger partial charge on any atom is 0.243 e. The number of hydrogen-bond donors (Lipinski definition) is 1. The molecule has 0 aromatic heterocycles. The number of rotatable bonds is 7. The maximum atomic E-state index is 12.6. The zero-order chi connectivity index (χ0) is 17.0. The third kappa shape index (κ3) is 4.74. The van der Waals surface area contributed by atoms with Crippen molar-refractivity contribution in [2.75, 3.05) is 24.6 Å². The first-order valence-corrected chi connectivity index (χ1v) is 11.1. The Morgan fingerprint density at radius 3 is 2.42 bits per heavy atom. The standard InChI is InChI=1S/C17H24N2O3S2/c20-17(13-23-12-14-6-7-14)18-15-8-10-19(11-9-15)24(21,22)16-4-2-1-3-5-16/h1-5,14-15H,6-13H2,(H,18,20). The molecule has 2 fully saturated rings. The second-order valence-corrected chi connectivity index (χ2v) is 9.49. The highest BCUT2D eigenvalue weighted by Gasteiger charge is 2.29. The summed E-state index contributed by atoms with van der Waals surface area (Å²) < 4.78 is 26.6. The van der Waals surface area contributed by atoms with Gasteiger partial charge in [-0.05, 0) is 49.5 Å². The molecule has 0 bridgehead atoms. The first kappa shape index (κ1) is 17.8. The number of carbonyl (C=O) groups is 1. The minimum absolute atomic E-state index is 0.0741. The molecular weight excluding hydrogens is 344 g/mol. The predicted octanol–water partition coefficient (Wildman–Crippen LogP) is 2.10. The van der Waals surface area contributed by atoms with Crippen molar-refractivity contribution in [1.82, 2.24) is 9.62 Å². The van der Waals surface area contributed by atoms with Crippen LogP contribution in [0.25, 0.3) is 0 Å². The average molecular weight is 369 g/mol. The normalized spacial score (nSPS) is 20.0.